The Kier molecular flexibility index (Phi) is 6.47. The van der Waals surface area contributed by atoms with Crippen molar-refractivity contribution in [2.45, 2.75) is 45.6 Å². The molecule has 1 aliphatic heterocycles. The molecule has 1 unspecified atom stereocenters. The van der Waals surface area contributed by atoms with Gasteiger partial charge in [0, 0.05) is 12.1 Å². The van der Waals surface area contributed by atoms with Crippen LogP contribution in [0.3, 0.4) is 0 Å². The summed E-state index contributed by atoms with van der Waals surface area (Å²) in [6, 6.07) is 12.4. The van der Waals surface area contributed by atoms with Gasteiger partial charge in [0.25, 0.3) is 11.7 Å². The molecule has 1 aliphatic rings. The molecule has 3 rings (SSSR count). The van der Waals surface area contributed by atoms with Crippen molar-refractivity contribution in [3.8, 4) is 0 Å². The van der Waals surface area contributed by atoms with Crippen molar-refractivity contribution in [1.82, 2.24) is 4.90 Å². The molecule has 0 aromatic heterocycles. The van der Waals surface area contributed by atoms with Crippen LogP contribution in [0.4, 0.5) is 4.39 Å². The molecule has 1 fully saturated rings. The Balaban J connectivity index is 2.09. The zero-order valence-corrected chi connectivity index (χ0v) is 16.8. The highest BCUT2D eigenvalue weighted by atomic mass is 19.1. The predicted molar refractivity (Wildman–Crippen MR) is 111 cm³/mol. The number of ketones is 1. The molecule has 152 valence electrons. The van der Waals surface area contributed by atoms with E-state index in [-0.39, 0.29) is 11.3 Å². The topological polar surface area (TPSA) is 57.6 Å². The van der Waals surface area contributed by atoms with E-state index in [0.717, 1.165) is 36.8 Å². The molecule has 2 aromatic carbocycles. The molecule has 4 nitrogen and oxygen atoms in total. The van der Waals surface area contributed by atoms with E-state index >= 15 is 0 Å². The second-order valence-corrected chi connectivity index (χ2v) is 7.30. The molecule has 1 heterocycles. The van der Waals surface area contributed by atoms with E-state index in [1.165, 1.54) is 24.3 Å². The van der Waals surface area contributed by atoms with Gasteiger partial charge in [0.05, 0.1) is 11.6 Å². The van der Waals surface area contributed by atoms with Crippen LogP contribution in [0.1, 0.15) is 55.8 Å². The van der Waals surface area contributed by atoms with E-state index in [0.29, 0.717) is 12.1 Å². The molecule has 0 bridgehead atoms. The molecule has 0 spiro atoms. The van der Waals surface area contributed by atoms with E-state index in [2.05, 4.69) is 13.8 Å². The number of rotatable bonds is 7. The number of hydrogen-bond donors (Lipinski definition) is 1. The van der Waals surface area contributed by atoms with Crippen molar-refractivity contribution in [3.63, 3.8) is 0 Å². The van der Waals surface area contributed by atoms with E-state index in [9.17, 15) is 19.1 Å². The maximum atomic E-state index is 13.3. The number of aliphatic hydroxyl groups is 1. The lowest BCUT2D eigenvalue weighted by Gasteiger charge is -2.25. The first-order valence-corrected chi connectivity index (χ1v) is 10.1. The number of amides is 1. The van der Waals surface area contributed by atoms with Gasteiger partial charge in [-0.2, -0.15) is 0 Å². The predicted octanol–water partition coefficient (Wildman–Crippen LogP) is 5.00. The van der Waals surface area contributed by atoms with Gasteiger partial charge >= 0.3 is 0 Å². The Bertz CT molecular complexity index is 916. The second kappa shape index (κ2) is 9.03. The van der Waals surface area contributed by atoms with Crippen LogP contribution in [-0.2, 0) is 16.0 Å². The zero-order chi connectivity index (χ0) is 21.0. The summed E-state index contributed by atoms with van der Waals surface area (Å²) in [5.41, 5.74) is 2.30. The fourth-order valence-electron chi connectivity index (χ4n) is 3.69. The zero-order valence-electron chi connectivity index (χ0n) is 16.8. The second-order valence-electron chi connectivity index (χ2n) is 7.30. The first kappa shape index (κ1) is 20.8. The lowest BCUT2D eigenvalue weighted by Crippen LogP contribution is -2.30. The van der Waals surface area contributed by atoms with Gasteiger partial charge < -0.3 is 10.0 Å². The molecule has 29 heavy (non-hydrogen) atoms. The van der Waals surface area contributed by atoms with E-state index in [1.807, 2.05) is 24.3 Å². The summed E-state index contributed by atoms with van der Waals surface area (Å²) in [6.45, 7) is 4.57. The number of hydrogen-bond acceptors (Lipinski definition) is 3. The van der Waals surface area contributed by atoms with Gasteiger partial charge in [0.1, 0.15) is 11.6 Å². The number of aliphatic hydroxyl groups excluding tert-OH is 1. The first-order chi connectivity index (χ1) is 14.0. The normalized spacial score (nSPS) is 18.4. The van der Waals surface area contributed by atoms with Crippen LogP contribution in [0.25, 0.3) is 5.76 Å². The number of unbranched alkanes of at least 4 members (excludes halogenated alkanes) is 2. The average Bonchev–Trinajstić information content (AvgIpc) is 2.99. The third-order valence-electron chi connectivity index (χ3n) is 5.36. The summed E-state index contributed by atoms with van der Waals surface area (Å²) in [6.07, 6.45) is 3.61. The number of aryl methyl sites for hydroxylation is 1. The number of carbonyl (C=O) groups excluding carboxylic acids is 2. The van der Waals surface area contributed by atoms with Crippen molar-refractivity contribution >= 4 is 17.4 Å². The lowest BCUT2D eigenvalue weighted by atomic mass is 9.94. The van der Waals surface area contributed by atoms with Crippen molar-refractivity contribution in [3.05, 3.63) is 76.6 Å². The average molecular weight is 395 g/mol. The quantitative estimate of drug-likeness (QED) is 0.311. The van der Waals surface area contributed by atoms with Gasteiger partial charge in [0.2, 0.25) is 0 Å². The van der Waals surface area contributed by atoms with Crippen molar-refractivity contribution in [2.24, 2.45) is 0 Å². The molecule has 1 N–H and O–H groups in total. The summed E-state index contributed by atoms with van der Waals surface area (Å²) in [7, 11) is 0. The summed E-state index contributed by atoms with van der Waals surface area (Å²) < 4.78 is 13.3. The van der Waals surface area contributed by atoms with Gasteiger partial charge in [-0.05, 0) is 48.2 Å². The summed E-state index contributed by atoms with van der Waals surface area (Å²) in [4.78, 5) is 27.2. The minimum absolute atomic E-state index is 0.0577. The highest BCUT2D eigenvalue weighted by Crippen LogP contribution is 2.39. The fourth-order valence-corrected chi connectivity index (χ4v) is 3.69. The molecule has 5 heteroatoms. The van der Waals surface area contributed by atoms with Crippen LogP contribution in [0.5, 0.6) is 0 Å². The molecule has 1 saturated heterocycles. The highest BCUT2D eigenvalue weighted by molar-refractivity contribution is 6.46. The summed E-state index contributed by atoms with van der Waals surface area (Å²) >= 11 is 0. The van der Waals surface area contributed by atoms with E-state index < -0.39 is 23.5 Å². The van der Waals surface area contributed by atoms with Crippen LogP contribution in [0.2, 0.25) is 0 Å². The third kappa shape index (κ3) is 4.24. The monoisotopic (exact) mass is 395 g/mol. The fraction of sp³-hybridized carbons (Fsp3) is 0.333. The molecule has 0 saturated carbocycles. The molecular weight excluding hydrogens is 369 g/mol. The molecule has 1 atom stereocenters. The molecule has 0 radical (unpaired) electrons. The van der Waals surface area contributed by atoms with Gasteiger partial charge in [-0.15, -0.1) is 0 Å². The summed E-state index contributed by atoms with van der Waals surface area (Å²) in [5, 5.41) is 10.9. The Morgan fingerprint density at radius 3 is 2.24 bits per heavy atom. The maximum Gasteiger partial charge on any atom is 0.295 e. The van der Waals surface area contributed by atoms with Crippen molar-refractivity contribution in [1.29, 1.82) is 0 Å². The smallest absolute Gasteiger partial charge is 0.295 e. The van der Waals surface area contributed by atoms with Crippen LogP contribution in [-0.4, -0.2) is 28.2 Å². The number of Topliss-reactive ketones (excluding diaryl/α,β-unsaturated/α-hetero) is 1. The molecule has 2 aromatic rings. The van der Waals surface area contributed by atoms with Crippen LogP contribution < -0.4 is 0 Å². The lowest BCUT2D eigenvalue weighted by molar-refractivity contribution is -0.139. The number of carbonyl (C=O) groups is 2. The Morgan fingerprint density at radius 1 is 1.00 bits per heavy atom. The number of nitrogens with zero attached hydrogens (tertiary/aromatic N) is 1. The first-order valence-electron chi connectivity index (χ1n) is 10.1. The minimum Gasteiger partial charge on any atom is -0.507 e. The van der Waals surface area contributed by atoms with Gasteiger partial charge in [0.15, 0.2) is 0 Å². The van der Waals surface area contributed by atoms with Crippen molar-refractivity contribution in [2.75, 3.05) is 6.54 Å². The van der Waals surface area contributed by atoms with Gasteiger partial charge in [-0.25, -0.2) is 4.39 Å². The van der Waals surface area contributed by atoms with E-state index in [4.69, 9.17) is 0 Å². The van der Waals surface area contributed by atoms with Gasteiger partial charge in [-0.1, -0.05) is 51.0 Å². The highest BCUT2D eigenvalue weighted by Gasteiger charge is 2.45. The number of likely N-dealkylation sites (tertiary alicyclic amines) is 1. The van der Waals surface area contributed by atoms with Crippen LogP contribution >= 0.6 is 0 Å². The Hall–Kier alpha value is -2.95. The summed E-state index contributed by atoms with van der Waals surface area (Å²) in [5.74, 6) is -2.01. The SMILES string of the molecule is CCCCCN1C(=O)C(=O)/C(=C(\O)c2ccc(F)cc2)C1c1ccc(CC)cc1. The van der Waals surface area contributed by atoms with Crippen LogP contribution in [0, 0.1) is 5.82 Å². The van der Waals surface area contributed by atoms with Crippen LogP contribution in [0.15, 0.2) is 54.1 Å². The maximum absolute atomic E-state index is 13.3. The molecular formula is C24H26FNO3. The minimum atomic E-state index is -0.701. The molecule has 0 aliphatic carbocycles. The number of benzene rings is 2. The number of halogens is 1. The molecule has 1 amide bonds. The van der Waals surface area contributed by atoms with Gasteiger partial charge in [-0.3, -0.25) is 9.59 Å². The van der Waals surface area contributed by atoms with E-state index in [1.54, 1.807) is 4.90 Å². The third-order valence-corrected chi connectivity index (χ3v) is 5.36. The standard InChI is InChI=1S/C24H26FNO3/c1-3-5-6-15-26-21(17-9-7-16(4-2)8-10-17)20(23(28)24(26)29)22(27)18-11-13-19(25)14-12-18/h7-14,21,27H,3-6,15H2,1-2H3/b22-20-. The van der Waals surface area contributed by atoms with Crippen molar-refractivity contribution < 1.29 is 19.1 Å². The Morgan fingerprint density at radius 2 is 1.66 bits per heavy atom. The Labute approximate surface area is 170 Å². The largest absolute Gasteiger partial charge is 0.507 e.